The molecule has 15 heavy (non-hydrogen) atoms. The molecule has 82 valence electrons. The number of hydrogen-bond donors (Lipinski definition) is 1. The number of carbonyl (C=O) groups is 1. The van der Waals surface area contributed by atoms with E-state index in [1.165, 1.54) is 17.0 Å². The zero-order valence-corrected chi connectivity index (χ0v) is 8.90. The van der Waals surface area contributed by atoms with Crippen molar-refractivity contribution in [3.63, 3.8) is 0 Å². The molecule has 0 fully saturated rings. The van der Waals surface area contributed by atoms with Gasteiger partial charge in [-0.2, -0.15) is 0 Å². The van der Waals surface area contributed by atoms with Gasteiger partial charge >= 0.3 is 0 Å². The average Bonchev–Trinajstić information content (AvgIpc) is 2.18. The number of carbonyl (C=O) groups excluding carboxylic acids is 1. The summed E-state index contributed by atoms with van der Waals surface area (Å²) in [5.41, 5.74) is 6.04. The summed E-state index contributed by atoms with van der Waals surface area (Å²) in [6.07, 6.45) is 0. The Morgan fingerprint density at radius 2 is 2.27 bits per heavy atom. The van der Waals surface area contributed by atoms with Crippen molar-refractivity contribution in [2.75, 3.05) is 11.4 Å². The van der Waals surface area contributed by atoms with E-state index in [-0.39, 0.29) is 11.7 Å². The van der Waals surface area contributed by atoms with Gasteiger partial charge in [0, 0.05) is 12.2 Å². The lowest BCUT2D eigenvalue weighted by atomic mass is 10.2. The number of likely N-dealkylation sites (N-methyl/N-ethyl adjacent to an activating group) is 1. The first-order chi connectivity index (χ1) is 7.06. The number of rotatable bonds is 3. The van der Waals surface area contributed by atoms with Crippen LogP contribution in [-0.4, -0.2) is 18.5 Å². The Morgan fingerprint density at radius 3 is 2.73 bits per heavy atom. The highest BCUT2D eigenvalue weighted by atomic mass is 19.1. The smallest absolute Gasteiger partial charge is 0.243 e. The molecule has 0 aliphatic carbocycles. The van der Waals surface area contributed by atoms with Crippen LogP contribution in [0, 0.1) is 5.82 Å². The van der Waals surface area contributed by atoms with Gasteiger partial charge in [-0.15, -0.1) is 0 Å². The van der Waals surface area contributed by atoms with Crippen molar-refractivity contribution < 1.29 is 9.18 Å². The molecule has 0 aliphatic rings. The zero-order valence-electron chi connectivity index (χ0n) is 8.90. The van der Waals surface area contributed by atoms with E-state index < -0.39 is 6.04 Å². The third-order valence-corrected chi connectivity index (χ3v) is 2.09. The van der Waals surface area contributed by atoms with Crippen LogP contribution in [0.25, 0.3) is 0 Å². The number of amides is 1. The predicted molar refractivity (Wildman–Crippen MR) is 58.1 cm³/mol. The maximum Gasteiger partial charge on any atom is 0.243 e. The first-order valence-electron chi connectivity index (χ1n) is 4.88. The second-order valence-corrected chi connectivity index (χ2v) is 3.35. The van der Waals surface area contributed by atoms with Gasteiger partial charge in [-0.1, -0.05) is 6.07 Å². The number of halogens is 1. The van der Waals surface area contributed by atoms with E-state index >= 15 is 0 Å². The largest absolute Gasteiger partial charge is 0.320 e. The Bertz CT molecular complexity index is 352. The van der Waals surface area contributed by atoms with Crippen LogP contribution in [0.5, 0.6) is 0 Å². The highest BCUT2D eigenvalue weighted by Gasteiger charge is 2.17. The van der Waals surface area contributed by atoms with E-state index in [1.807, 2.05) is 6.92 Å². The minimum Gasteiger partial charge on any atom is -0.320 e. The molecule has 1 aromatic rings. The van der Waals surface area contributed by atoms with E-state index in [0.717, 1.165) is 0 Å². The molecule has 1 rings (SSSR count). The quantitative estimate of drug-likeness (QED) is 0.822. The molecule has 0 saturated carbocycles. The number of nitrogens with two attached hydrogens (primary N) is 1. The van der Waals surface area contributed by atoms with Crippen LogP contribution >= 0.6 is 0 Å². The Hall–Kier alpha value is -1.42. The van der Waals surface area contributed by atoms with Crippen LogP contribution in [0.2, 0.25) is 0 Å². The lowest BCUT2D eigenvalue weighted by Crippen LogP contribution is -2.42. The van der Waals surface area contributed by atoms with Gasteiger partial charge in [0.05, 0.1) is 6.04 Å². The highest BCUT2D eigenvalue weighted by molar-refractivity contribution is 5.96. The molecule has 4 heteroatoms. The summed E-state index contributed by atoms with van der Waals surface area (Å²) in [5, 5.41) is 0. The van der Waals surface area contributed by atoms with Crippen molar-refractivity contribution in [3.8, 4) is 0 Å². The van der Waals surface area contributed by atoms with Gasteiger partial charge in [-0.3, -0.25) is 4.79 Å². The monoisotopic (exact) mass is 210 g/mol. The maximum atomic E-state index is 13.0. The van der Waals surface area contributed by atoms with Gasteiger partial charge in [0.1, 0.15) is 5.82 Å². The van der Waals surface area contributed by atoms with Gasteiger partial charge in [0.25, 0.3) is 0 Å². The molecule has 1 amide bonds. The lowest BCUT2D eigenvalue weighted by molar-refractivity contribution is -0.119. The first kappa shape index (κ1) is 11.7. The van der Waals surface area contributed by atoms with Crippen molar-refractivity contribution in [3.05, 3.63) is 30.1 Å². The van der Waals surface area contributed by atoms with Crippen molar-refractivity contribution in [2.45, 2.75) is 19.9 Å². The molecule has 2 N–H and O–H groups in total. The van der Waals surface area contributed by atoms with Crippen LogP contribution in [0.1, 0.15) is 13.8 Å². The molecule has 0 aliphatic heterocycles. The maximum absolute atomic E-state index is 13.0. The van der Waals surface area contributed by atoms with Crippen LogP contribution in [0.4, 0.5) is 10.1 Å². The van der Waals surface area contributed by atoms with Gasteiger partial charge < -0.3 is 10.6 Å². The number of hydrogen-bond acceptors (Lipinski definition) is 2. The third-order valence-electron chi connectivity index (χ3n) is 2.09. The van der Waals surface area contributed by atoms with Crippen LogP contribution in [0.15, 0.2) is 24.3 Å². The standard InChI is InChI=1S/C11H15FN2O/c1-3-14(11(15)8(2)13)10-6-4-5-9(12)7-10/h4-8H,3,13H2,1-2H3/t8-/m1/s1. The molecule has 0 spiro atoms. The average molecular weight is 210 g/mol. The summed E-state index contributed by atoms with van der Waals surface area (Å²) < 4.78 is 13.0. The van der Waals surface area contributed by atoms with E-state index in [9.17, 15) is 9.18 Å². The fraction of sp³-hybridized carbons (Fsp3) is 0.364. The normalized spacial score (nSPS) is 12.3. The Kier molecular flexibility index (Phi) is 3.80. The molecule has 0 saturated heterocycles. The molecule has 0 radical (unpaired) electrons. The van der Waals surface area contributed by atoms with Gasteiger partial charge in [-0.25, -0.2) is 4.39 Å². The summed E-state index contributed by atoms with van der Waals surface area (Å²) >= 11 is 0. The lowest BCUT2D eigenvalue weighted by Gasteiger charge is -2.22. The van der Waals surface area contributed by atoms with E-state index in [0.29, 0.717) is 12.2 Å². The van der Waals surface area contributed by atoms with E-state index in [2.05, 4.69) is 0 Å². The van der Waals surface area contributed by atoms with Gasteiger partial charge in [0.2, 0.25) is 5.91 Å². The van der Waals surface area contributed by atoms with Gasteiger partial charge in [-0.05, 0) is 32.0 Å². The van der Waals surface area contributed by atoms with Crippen molar-refractivity contribution in [1.82, 2.24) is 0 Å². The number of benzene rings is 1. The molecule has 0 aromatic heterocycles. The molecule has 1 aromatic carbocycles. The molecule has 0 heterocycles. The zero-order chi connectivity index (χ0) is 11.4. The highest BCUT2D eigenvalue weighted by Crippen LogP contribution is 2.15. The molecule has 0 bridgehead atoms. The summed E-state index contributed by atoms with van der Waals surface area (Å²) in [7, 11) is 0. The van der Waals surface area contributed by atoms with E-state index in [1.54, 1.807) is 19.1 Å². The van der Waals surface area contributed by atoms with Crippen LogP contribution in [-0.2, 0) is 4.79 Å². The Balaban J connectivity index is 2.97. The molecular formula is C11H15FN2O. The summed E-state index contributed by atoms with van der Waals surface area (Å²) in [5.74, 6) is -0.563. The summed E-state index contributed by atoms with van der Waals surface area (Å²) in [6, 6.07) is 5.35. The van der Waals surface area contributed by atoms with Crippen LogP contribution < -0.4 is 10.6 Å². The third kappa shape index (κ3) is 2.76. The van der Waals surface area contributed by atoms with Crippen LogP contribution in [0.3, 0.4) is 0 Å². The summed E-state index contributed by atoms with van der Waals surface area (Å²) in [6.45, 7) is 3.92. The van der Waals surface area contributed by atoms with Gasteiger partial charge in [0.15, 0.2) is 0 Å². The van der Waals surface area contributed by atoms with E-state index in [4.69, 9.17) is 5.73 Å². The first-order valence-corrected chi connectivity index (χ1v) is 4.88. The molecule has 3 nitrogen and oxygen atoms in total. The summed E-state index contributed by atoms with van der Waals surface area (Å²) in [4.78, 5) is 13.1. The fourth-order valence-corrected chi connectivity index (χ4v) is 1.36. The second kappa shape index (κ2) is 4.89. The Labute approximate surface area is 88.7 Å². The second-order valence-electron chi connectivity index (χ2n) is 3.35. The number of nitrogens with zero attached hydrogens (tertiary/aromatic N) is 1. The molecular weight excluding hydrogens is 195 g/mol. The number of anilines is 1. The van der Waals surface area contributed by atoms with Crippen molar-refractivity contribution in [2.24, 2.45) is 5.73 Å². The fourth-order valence-electron chi connectivity index (χ4n) is 1.36. The van der Waals surface area contributed by atoms with Crippen molar-refractivity contribution in [1.29, 1.82) is 0 Å². The SMILES string of the molecule is CCN(C(=O)[C@@H](C)N)c1cccc(F)c1. The minimum atomic E-state index is -0.576. The topological polar surface area (TPSA) is 46.3 Å². The van der Waals surface area contributed by atoms with Crippen molar-refractivity contribution >= 4 is 11.6 Å². The molecule has 0 unspecified atom stereocenters. The predicted octanol–water partition coefficient (Wildman–Crippen LogP) is 1.53. The Morgan fingerprint density at radius 1 is 1.60 bits per heavy atom. The minimum absolute atomic E-state index is 0.205. The molecule has 1 atom stereocenters.